The first-order valence-electron chi connectivity index (χ1n) is 6.07. The van der Waals surface area contributed by atoms with E-state index in [9.17, 15) is 9.59 Å². The Labute approximate surface area is 118 Å². The molecule has 1 aromatic carbocycles. The van der Waals surface area contributed by atoms with Crippen LogP contribution in [0.3, 0.4) is 0 Å². The van der Waals surface area contributed by atoms with Crippen molar-refractivity contribution in [3.05, 3.63) is 54.0 Å². The minimum atomic E-state index is -1.13. The third kappa shape index (κ3) is 2.44. The number of rotatable bonds is 3. The van der Waals surface area contributed by atoms with Gasteiger partial charge < -0.3 is 10.4 Å². The van der Waals surface area contributed by atoms with Crippen molar-refractivity contribution in [1.29, 1.82) is 0 Å². The number of carbonyl (C=O) groups excluding carboxylic acids is 1. The second-order valence-electron chi connectivity index (χ2n) is 4.35. The first-order chi connectivity index (χ1) is 10.1. The SMILES string of the molecule is O=C(Nc1cnccc1C(=O)O)c1ccc2cn[nH]c2c1. The van der Waals surface area contributed by atoms with E-state index < -0.39 is 11.9 Å². The Kier molecular flexibility index (Phi) is 3.07. The molecule has 2 heterocycles. The van der Waals surface area contributed by atoms with Gasteiger partial charge in [0.1, 0.15) is 0 Å². The molecule has 104 valence electrons. The van der Waals surface area contributed by atoms with Crippen molar-refractivity contribution in [3.63, 3.8) is 0 Å². The van der Waals surface area contributed by atoms with E-state index in [1.807, 2.05) is 0 Å². The number of aromatic nitrogens is 3. The van der Waals surface area contributed by atoms with Gasteiger partial charge >= 0.3 is 5.97 Å². The molecule has 0 radical (unpaired) electrons. The van der Waals surface area contributed by atoms with Gasteiger partial charge in [-0.15, -0.1) is 0 Å². The molecule has 0 aliphatic carbocycles. The van der Waals surface area contributed by atoms with Gasteiger partial charge in [-0.25, -0.2) is 4.79 Å². The van der Waals surface area contributed by atoms with Crippen LogP contribution in [0.4, 0.5) is 5.69 Å². The number of benzene rings is 1. The number of carboxylic acids is 1. The van der Waals surface area contributed by atoms with Gasteiger partial charge in [0.05, 0.1) is 29.2 Å². The number of aromatic carboxylic acids is 1. The van der Waals surface area contributed by atoms with Gasteiger partial charge in [0.2, 0.25) is 0 Å². The molecule has 21 heavy (non-hydrogen) atoms. The summed E-state index contributed by atoms with van der Waals surface area (Å²) in [6.45, 7) is 0. The summed E-state index contributed by atoms with van der Waals surface area (Å²) >= 11 is 0. The largest absolute Gasteiger partial charge is 0.478 e. The molecule has 1 amide bonds. The average Bonchev–Trinajstić information content (AvgIpc) is 2.94. The Morgan fingerprint density at radius 1 is 1.19 bits per heavy atom. The maximum atomic E-state index is 12.2. The van der Waals surface area contributed by atoms with E-state index in [4.69, 9.17) is 5.11 Å². The molecular weight excluding hydrogens is 272 g/mol. The summed E-state index contributed by atoms with van der Waals surface area (Å²) in [5.41, 5.74) is 1.26. The summed E-state index contributed by atoms with van der Waals surface area (Å²) in [7, 11) is 0. The standard InChI is InChI=1S/C14H10N4O3/c19-13(8-1-2-9-6-16-18-11(9)5-8)17-12-7-15-4-3-10(12)14(20)21/h1-7H,(H,16,18)(H,17,19)(H,20,21). The van der Waals surface area contributed by atoms with E-state index in [0.29, 0.717) is 5.56 Å². The molecule has 7 heteroatoms. The first-order valence-corrected chi connectivity index (χ1v) is 6.07. The molecule has 0 atom stereocenters. The fourth-order valence-corrected chi connectivity index (χ4v) is 1.95. The second-order valence-corrected chi connectivity index (χ2v) is 4.35. The van der Waals surface area contributed by atoms with Crippen LogP contribution in [-0.4, -0.2) is 32.2 Å². The molecule has 0 bridgehead atoms. The van der Waals surface area contributed by atoms with Crippen LogP contribution >= 0.6 is 0 Å². The number of aromatic amines is 1. The highest BCUT2D eigenvalue weighted by Gasteiger charge is 2.14. The van der Waals surface area contributed by atoms with Crippen molar-refractivity contribution in [1.82, 2.24) is 15.2 Å². The monoisotopic (exact) mass is 282 g/mol. The fraction of sp³-hybridized carbons (Fsp3) is 0. The summed E-state index contributed by atoms with van der Waals surface area (Å²) in [5.74, 6) is -1.54. The zero-order valence-corrected chi connectivity index (χ0v) is 10.7. The molecule has 3 aromatic rings. The molecule has 0 aliphatic heterocycles. The summed E-state index contributed by atoms with van der Waals surface area (Å²) in [6, 6.07) is 6.38. The second kappa shape index (κ2) is 5.04. The van der Waals surface area contributed by atoms with Gasteiger partial charge in [0, 0.05) is 17.1 Å². The topological polar surface area (TPSA) is 108 Å². The molecule has 3 rings (SSSR count). The molecule has 0 fully saturated rings. The van der Waals surface area contributed by atoms with Crippen LogP contribution < -0.4 is 5.32 Å². The van der Waals surface area contributed by atoms with Gasteiger partial charge in [0.25, 0.3) is 5.91 Å². The smallest absolute Gasteiger partial charge is 0.337 e. The van der Waals surface area contributed by atoms with Crippen LogP contribution in [0.5, 0.6) is 0 Å². The summed E-state index contributed by atoms with van der Waals surface area (Å²) in [5, 5.41) is 19.2. The maximum absolute atomic E-state index is 12.2. The predicted molar refractivity (Wildman–Crippen MR) is 75.2 cm³/mol. The summed E-state index contributed by atoms with van der Waals surface area (Å²) in [4.78, 5) is 27.1. The highest BCUT2D eigenvalue weighted by molar-refractivity contribution is 6.08. The van der Waals surface area contributed by atoms with Crippen LogP contribution in [0.2, 0.25) is 0 Å². The summed E-state index contributed by atoms with van der Waals surface area (Å²) in [6.07, 6.45) is 4.31. The third-order valence-electron chi connectivity index (χ3n) is 3.00. The number of nitrogens with zero attached hydrogens (tertiary/aromatic N) is 2. The lowest BCUT2D eigenvalue weighted by atomic mass is 10.1. The molecule has 7 nitrogen and oxygen atoms in total. The lowest BCUT2D eigenvalue weighted by Gasteiger charge is -2.07. The van der Waals surface area contributed by atoms with Crippen molar-refractivity contribution < 1.29 is 14.7 Å². The van der Waals surface area contributed by atoms with E-state index in [-0.39, 0.29) is 11.3 Å². The number of pyridine rings is 1. The van der Waals surface area contributed by atoms with Crippen molar-refractivity contribution in [2.45, 2.75) is 0 Å². The molecule has 0 aliphatic rings. The Balaban J connectivity index is 1.91. The average molecular weight is 282 g/mol. The number of carbonyl (C=O) groups is 2. The van der Waals surface area contributed by atoms with Gasteiger partial charge in [-0.2, -0.15) is 5.10 Å². The molecule has 0 saturated heterocycles. The predicted octanol–water partition coefficient (Wildman–Crippen LogP) is 1.91. The van der Waals surface area contributed by atoms with Gasteiger partial charge in [-0.3, -0.25) is 14.9 Å². The molecule has 3 N–H and O–H groups in total. The van der Waals surface area contributed by atoms with Gasteiger partial charge in [-0.05, 0) is 18.2 Å². The molecule has 0 saturated carbocycles. The highest BCUT2D eigenvalue weighted by atomic mass is 16.4. The Bertz CT molecular complexity index is 841. The molecular formula is C14H10N4O3. The zero-order chi connectivity index (χ0) is 14.8. The number of anilines is 1. The number of amides is 1. The van der Waals surface area contributed by atoms with Crippen LogP contribution in [0, 0.1) is 0 Å². The van der Waals surface area contributed by atoms with Crippen molar-refractivity contribution in [3.8, 4) is 0 Å². The summed E-state index contributed by atoms with van der Waals surface area (Å²) < 4.78 is 0. The number of H-pyrrole nitrogens is 1. The van der Waals surface area contributed by atoms with Crippen LogP contribution in [0.15, 0.2) is 42.9 Å². The van der Waals surface area contributed by atoms with Crippen LogP contribution in [0.1, 0.15) is 20.7 Å². The quantitative estimate of drug-likeness (QED) is 0.680. The third-order valence-corrected chi connectivity index (χ3v) is 3.00. The van der Waals surface area contributed by atoms with E-state index in [0.717, 1.165) is 10.9 Å². The number of hydrogen-bond acceptors (Lipinski definition) is 4. The number of nitrogens with one attached hydrogen (secondary N) is 2. The molecule has 2 aromatic heterocycles. The van der Waals surface area contributed by atoms with E-state index >= 15 is 0 Å². The molecule has 0 spiro atoms. The Morgan fingerprint density at radius 2 is 2.05 bits per heavy atom. The first kappa shape index (κ1) is 12.8. The number of hydrogen-bond donors (Lipinski definition) is 3. The van der Waals surface area contributed by atoms with Crippen molar-refractivity contribution in [2.75, 3.05) is 5.32 Å². The van der Waals surface area contributed by atoms with Crippen LogP contribution in [0.25, 0.3) is 10.9 Å². The van der Waals surface area contributed by atoms with Crippen molar-refractivity contribution >= 4 is 28.5 Å². The fourth-order valence-electron chi connectivity index (χ4n) is 1.95. The highest BCUT2D eigenvalue weighted by Crippen LogP contribution is 2.17. The minimum Gasteiger partial charge on any atom is -0.478 e. The van der Waals surface area contributed by atoms with Gasteiger partial charge in [-0.1, -0.05) is 6.07 Å². The Morgan fingerprint density at radius 3 is 2.86 bits per heavy atom. The van der Waals surface area contributed by atoms with E-state index in [1.54, 1.807) is 24.4 Å². The van der Waals surface area contributed by atoms with Crippen LogP contribution in [-0.2, 0) is 0 Å². The van der Waals surface area contributed by atoms with Crippen molar-refractivity contribution in [2.24, 2.45) is 0 Å². The maximum Gasteiger partial charge on any atom is 0.337 e. The number of fused-ring (bicyclic) bond motifs is 1. The lowest BCUT2D eigenvalue weighted by Crippen LogP contribution is -2.15. The normalized spacial score (nSPS) is 10.5. The number of carboxylic acid groups (broad SMARTS) is 1. The minimum absolute atomic E-state index is 0.0130. The lowest BCUT2D eigenvalue weighted by molar-refractivity contribution is 0.0698. The zero-order valence-electron chi connectivity index (χ0n) is 10.7. The Hall–Kier alpha value is -3.22. The van der Waals surface area contributed by atoms with Gasteiger partial charge in [0.15, 0.2) is 0 Å². The molecule has 0 unspecified atom stereocenters. The van der Waals surface area contributed by atoms with E-state index in [1.165, 1.54) is 18.5 Å². The van der Waals surface area contributed by atoms with E-state index in [2.05, 4.69) is 20.5 Å².